The van der Waals surface area contributed by atoms with E-state index in [2.05, 4.69) is 49.3 Å². The van der Waals surface area contributed by atoms with E-state index in [1.165, 1.54) is 6.21 Å². The van der Waals surface area contributed by atoms with E-state index in [4.69, 9.17) is 14.2 Å². The number of nitrogens with zero attached hydrogens (tertiary/aromatic N) is 1. The number of ether oxygens (including phenoxy) is 3. The van der Waals surface area contributed by atoms with E-state index in [9.17, 15) is 4.79 Å². The minimum absolute atomic E-state index is 0.148. The maximum Gasteiger partial charge on any atom is 0.277 e. The Morgan fingerprint density at radius 1 is 1.11 bits per heavy atom. The largest absolute Gasteiger partial charge is 0.493 e. The topological polar surface area (TPSA) is 69.2 Å². The van der Waals surface area contributed by atoms with Crippen LogP contribution in [-0.4, -0.2) is 32.4 Å². The van der Waals surface area contributed by atoms with Crippen LogP contribution < -0.4 is 19.6 Å². The van der Waals surface area contributed by atoms with Gasteiger partial charge in [-0.25, -0.2) is 5.43 Å². The van der Waals surface area contributed by atoms with Crippen LogP contribution in [0.2, 0.25) is 0 Å². The molecule has 0 saturated heterocycles. The molecule has 0 atom stereocenters. The number of unbranched alkanes of at least 4 members (excludes halogenated alkanes) is 1. The molecule has 0 aromatic heterocycles. The van der Waals surface area contributed by atoms with Gasteiger partial charge in [0.25, 0.3) is 5.91 Å². The maximum absolute atomic E-state index is 11.9. The summed E-state index contributed by atoms with van der Waals surface area (Å²) in [6.07, 6.45) is 3.58. The normalized spacial score (nSPS) is 10.7. The standard InChI is InChI=1S/C20H22Br2N2O4/c1-3-4-9-27-18-7-5-14(10-19(18)26-2)12-23-24-20(25)13-28-17-8-6-15(21)11-16(17)22/h5-8,10-12H,3-4,9,13H2,1-2H3,(H,24,25)/b23-12+. The van der Waals surface area contributed by atoms with Crippen LogP contribution in [0, 0.1) is 0 Å². The lowest BCUT2D eigenvalue weighted by molar-refractivity contribution is -0.123. The molecule has 0 spiro atoms. The second-order valence-corrected chi connectivity index (χ2v) is 7.54. The van der Waals surface area contributed by atoms with Crippen LogP contribution in [0.25, 0.3) is 0 Å². The molecule has 0 heterocycles. The average molecular weight is 514 g/mol. The first kappa shape index (κ1) is 22.2. The highest BCUT2D eigenvalue weighted by Gasteiger charge is 2.07. The number of hydrazone groups is 1. The number of carbonyl (C=O) groups excluding carboxylic acids is 1. The van der Waals surface area contributed by atoms with E-state index in [0.29, 0.717) is 23.9 Å². The second kappa shape index (κ2) is 11.7. The van der Waals surface area contributed by atoms with Crippen molar-refractivity contribution in [2.24, 2.45) is 5.10 Å². The van der Waals surface area contributed by atoms with Gasteiger partial charge in [0.2, 0.25) is 0 Å². The summed E-state index contributed by atoms with van der Waals surface area (Å²) in [6, 6.07) is 10.9. The Morgan fingerprint density at radius 3 is 2.61 bits per heavy atom. The van der Waals surface area contributed by atoms with Gasteiger partial charge in [0.05, 0.1) is 24.4 Å². The van der Waals surface area contributed by atoms with E-state index in [0.717, 1.165) is 27.4 Å². The van der Waals surface area contributed by atoms with Gasteiger partial charge in [0.15, 0.2) is 18.1 Å². The first-order chi connectivity index (χ1) is 13.5. The fourth-order valence-electron chi connectivity index (χ4n) is 2.16. The quantitative estimate of drug-likeness (QED) is 0.278. The van der Waals surface area contributed by atoms with Gasteiger partial charge in [-0.3, -0.25) is 4.79 Å². The van der Waals surface area contributed by atoms with Gasteiger partial charge in [0.1, 0.15) is 5.75 Å². The summed E-state index contributed by atoms with van der Waals surface area (Å²) in [5.74, 6) is 1.52. The van der Waals surface area contributed by atoms with Crippen molar-refractivity contribution in [3.8, 4) is 17.2 Å². The molecule has 0 aliphatic heterocycles. The maximum atomic E-state index is 11.9. The third kappa shape index (κ3) is 7.16. The third-order valence-corrected chi connectivity index (χ3v) is 4.71. The molecule has 0 saturated carbocycles. The van der Waals surface area contributed by atoms with Crippen molar-refractivity contribution in [2.75, 3.05) is 20.3 Å². The fourth-order valence-corrected chi connectivity index (χ4v) is 3.32. The van der Waals surface area contributed by atoms with Crippen LogP contribution >= 0.6 is 31.9 Å². The van der Waals surface area contributed by atoms with Gasteiger partial charge in [-0.1, -0.05) is 29.3 Å². The lowest BCUT2D eigenvalue weighted by atomic mass is 10.2. The molecule has 0 aliphatic carbocycles. The van der Waals surface area contributed by atoms with E-state index in [1.54, 1.807) is 19.2 Å². The van der Waals surface area contributed by atoms with Crippen molar-refractivity contribution in [2.45, 2.75) is 19.8 Å². The summed E-state index contributed by atoms with van der Waals surface area (Å²) in [7, 11) is 1.59. The van der Waals surface area contributed by atoms with Gasteiger partial charge in [-0.15, -0.1) is 0 Å². The monoisotopic (exact) mass is 512 g/mol. The van der Waals surface area contributed by atoms with Gasteiger partial charge in [-0.2, -0.15) is 5.10 Å². The second-order valence-electron chi connectivity index (χ2n) is 5.77. The first-order valence-corrected chi connectivity index (χ1v) is 10.3. The van der Waals surface area contributed by atoms with Gasteiger partial charge in [-0.05, 0) is 64.3 Å². The van der Waals surface area contributed by atoms with Gasteiger partial charge < -0.3 is 14.2 Å². The van der Waals surface area contributed by atoms with Crippen molar-refractivity contribution in [3.05, 3.63) is 50.9 Å². The van der Waals surface area contributed by atoms with Gasteiger partial charge in [0, 0.05) is 4.47 Å². The van der Waals surface area contributed by atoms with E-state index in [1.807, 2.05) is 24.3 Å². The molecule has 2 rings (SSSR count). The number of nitrogens with one attached hydrogen (secondary N) is 1. The molecule has 150 valence electrons. The van der Waals surface area contributed by atoms with Crippen LogP contribution in [-0.2, 0) is 4.79 Å². The molecule has 1 N–H and O–H groups in total. The lowest BCUT2D eigenvalue weighted by Crippen LogP contribution is -2.24. The van der Waals surface area contributed by atoms with Crippen LogP contribution in [0.5, 0.6) is 17.2 Å². The molecule has 2 aromatic carbocycles. The minimum Gasteiger partial charge on any atom is -0.493 e. The van der Waals surface area contributed by atoms with Crippen LogP contribution in [0.3, 0.4) is 0 Å². The predicted molar refractivity (Wildman–Crippen MR) is 116 cm³/mol. The molecule has 8 heteroatoms. The van der Waals surface area contributed by atoms with Crippen molar-refractivity contribution < 1.29 is 19.0 Å². The first-order valence-electron chi connectivity index (χ1n) is 8.74. The summed E-state index contributed by atoms with van der Waals surface area (Å²) in [5.41, 5.74) is 3.21. The Hall–Kier alpha value is -2.06. The number of amides is 1. The van der Waals surface area contributed by atoms with Crippen LogP contribution in [0.15, 0.2) is 50.4 Å². The molecule has 0 radical (unpaired) electrons. The number of benzene rings is 2. The average Bonchev–Trinajstić information content (AvgIpc) is 2.68. The molecule has 1 amide bonds. The Bertz CT molecular complexity index is 828. The van der Waals surface area contributed by atoms with E-state index < -0.39 is 0 Å². The molecule has 2 aromatic rings. The smallest absolute Gasteiger partial charge is 0.277 e. The highest BCUT2D eigenvalue weighted by atomic mass is 79.9. The van der Waals surface area contributed by atoms with Crippen molar-refractivity contribution in [3.63, 3.8) is 0 Å². The van der Waals surface area contributed by atoms with E-state index in [-0.39, 0.29) is 12.5 Å². The molecular formula is C20H22Br2N2O4. The molecule has 6 nitrogen and oxygen atoms in total. The Labute approximate surface area is 181 Å². The number of halogens is 2. The fraction of sp³-hybridized carbons (Fsp3) is 0.300. The van der Waals surface area contributed by atoms with Crippen molar-refractivity contribution in [1.29, 1.82) is 0 Å². The third-order valence-electron chi connectivity index (χ3n) is 3.60. The highest BCUT2D eigenvalue weighted by Crippen LogP contribution is 2.28. The number of hydrogen-bond donors (Lipinski definition) is 1. The molecule has 0 unspecified atom stereocenters. The zero-order valence-electron chi connectivity index (χ0n) is 15.7. The summed E-state index contributed by atoms with van der Waals surface area (Å²) in [5, 5.41) is 3.95. The molecule has 28 heavy (non-hydrogen) atoms. The Kier molecular flexibility index (Phi) is 9.30. The Balaban J connectivity index is 1.86. The summed E-state index contributed by atoms with van der Waals surface area (Å²) >= 11 is 6.74. The number of methoxy groups -OCH3 is 1. The lowest BCUT2D eigenvalue weighted by Gasteiger charge is -2.10. The molecular weight excluding hydrogens is 492 g/mol. The van der Waals surface area contributed by atoms with Crippen molar-refractivity contribution >= 4 is 44.0 Å². The molecule has 0 fully saturated rings. The van der Waals surface area contributed by atoms with Crippen LogP contribution in [0.1, 0.15) is 25.3 Å². The number of rotatable bonds is 10. The van der Waals surface area contributed by atoms with E-state index >= 15 is 0 Å². The number of hydrogen-bond acceptors (Lipinski definition) is 5. The molecule has 0 aliphatic rings. The highest BCUT2D eigenvalue weighted by molar-refractivity contribution is 9.11. The summed E-state index contributed by atoms with van der Waals surface area (Å²) in [6.45, 7) is 2.60. The summed E-state index contributed by atoms with van der Waals surface area (Å²) in [4.78, 5) is 11.9. The SMILES string of the molecule is CCCCOc1ccc(/C=N/NC(=O)COc2ccc(Br)cc2Br)cc1OC. The number of carbonyl (C=O) groups is 1. The zero-order valence-corrected chi connectivity index (χ0v) is 18.9. The molecule has 0 bridgehead atoms. The predicted octanol–water partition coefficient (Wildman–Crippen LogP) is 4.93. The summed E-state index contributed by atoms with van der Waals surface area (Å²) < 4.78 is 18.2. The van der Waals surface area contributed by atoms with Gasteiger partial charge >= 0.3 is 0 Å². The van der Waals surface area contributed by atoms with Crippen LogP contribution in [0.4, 0.5) is 0 Å². The zero-order chi connectivity index (χ0) is 20.4. The Morgan fingerprint density at radius 2 is 1.89 bits per heavy atom. The minimum atomic E-state index is -0.363. The van der Waals surface area contributed by atoms with Crippen molar-refractivity contribution in [1.82, 2.24) is 5.43 Å².